The van der Waals surface area contributed by atoms with E-state index in [4.69, 9.17) is 14.2 Å². The summed E-state index contributed by atoms with van der Waals surface area (Å²) in [7, 11) is 1.52. The quantitative estimate of drug-likeness (QED) is 0.790. The van der Waals surface area contributed by atoms with Gasteiger partial charge in [-0.25, -0.2) is 4.39 Å². The van der Waals surface area contributed by atoms with Crippen molar-refractivity contribution in [2.45, 2.75) is 31.6 Å². The molecule has 17 heavy (non-hydrogen) atoms. The Labute approximate surface area is 100 Å². The van der Waals surface area contributed by atoms with Gasteiger partial charge in [0.2, 0.25) is 0 Å². The summed E-state index contributed by atoms with van der Waals surface area (Å²) in [5, 5.41) is 0. The first kappa shape index (κ1) is 12.5. The Kier molecular flexibility index (Phi) is 4.48. The van der Waals surface area contributed by atoms with Crippen molar-refractivity contribution in [3.63, 3.8) is 0 Å². The van der Waals surface area contributed by atoms with Gasteiger partial charge in [-0.1, -0.05) is 30.3 Å². The molecule has 1 fully saturated rings. The SMILES string of the molecule is CO[C@H]1C[C@H](F)[C@@H](COCc2ccccc2)O1. The monoisotopic (exact) mass is 240 g/mol. The second-order valence-electron chi connectivity index (χ2n) is 4.09. The molecule has 0 saturated carbocycles. The molecule has 0 N–H and O–H groups in total. The Balaban J connectivity index is 1.72. The highest BCUT2D eigenvalue weighted by atomic mass is 19.1. The fraction of sp³-hybridized carbons (Fsp3) is 0.538. The number of benzene rings is 1. The van der Waals surface area contributed by atoms with Gasteiger partial charge in [-0.15, -0.1) is 0 Å². The maximum absolute atomic E-state index is 13.5. The molecule has 1 aliphatic rings. The van der Waals surface area contributed by atoms with Gasteiger partial charge < -0.3 is 14.2 Å². The van der Waals surface area contributed by atoms with Crippen molar-refractivity contribution in [2.24, 2.45) is 0 Å². The average molecular weight is 240 g/mol. The summed E-state index contributed by atoms with van der Waals surface area (Å²) in [5.74, 6) is 0. The van der Waals surface area contributed by atoms with Crippen LogP contribution in [0.3, 0.4) is 0 Å². The van der Waals surface area contributed by atoms with Gasteiger partial charge in [-0.2, -0.15) is 0 Å². The summed E-state index contributed by atoms with van der Waals surface area (Å²) in [4.78, 5) is 0. The largest absolute Gasteiger partial charge is 0.374 e. The molecule has 1 saturated heterocycles. The molecule has 1 heterocycles. The van der Waals surface area contributed by atoms with E-state index in [1.54, 1.807) is 0 Å². The highest BCUT2D eigenvalue weighted by Gasteiger charge is 2.35. The van der Waals surface area contributed by atoms with E-state index in [1.165, 1.54) is 7.11 Å². The number of ether oxygens (including phenoxy) is 3. The third-order valence-corrected chi connectivity index (χ3v) is 2.80. The van der Waals surface area contributed by atoms with Crippen LogP contribution < -0.4 is 0 Å². The fourth-order valence-electron chi connectivity index (χ4n) is 1.83. The Morgan fingerprint density at radius 1 is 1.35 bits per heavy atom. The highest BCUT2D eigenvalue weighted by molar-refractivity contribution is 5.13. The lowest BCUT2D eigenvalue weighted by Gasteiger charge is -2.13. The molecule has 2 rings (SSSR count). The minimum absolute atomic E-state index is 0.260. The molecule has 1 aromatic rings. The van der Waals surface area contributed by atoms with Crippen LogP contribution in [0.15, 0.2) is 30.3 Å². The van der Waals surface area contributed by atoms with Crippen LogP contribution in [0, 0.1) is 0 Å². The second kappa shape index (κ2) is 6.10. The lowest BCUT2D eigenvalue weighted by molar-refractivity contribution is -0.132. The molecular weight excluding hydrogens is 223 g/mol. The van der Waals surface area contributed by atoms with Crippen LogP contribution in [0.2, 0.25) is 0 Å². The Bertz CT molecular complexity index is 331. The predicted molar refractivity (Wildman–Crippen MR) is 61.3 cm³/mol. The molecule has 0 radical (unpaired) electrons. The van der Waals surface area contributed by atoms with Crippen LogP contribution in [0.4, 0.5) is 4.39 Å². The summed E-state index contributed by atoms with van der Waals surface area (Å²) in [6.45, 7) is 0.737. The number of halogens is 1. The Morgan fingerprint density at radius 2 is 2.12 bits per heavy atom. The minimum Gasteiger partial charge on any atom is -0.374 e. The van der Waals surface area contributed by atoms with E-state index in [0.717, 1.165) is 5.56 Å². The van der Waals surface area contributed by atoms with Crippen molar-refractivity contribution in [1.82, 2.24) is 0 Å². The molecule has 4 heteroatoms. The molecule has 94 valence electrons. The minimum atomic E-state index is -1.00. The molecule has 0 bridgehead atoms. The van der Waals surface area contributed by atoms with Crippen molar-refractivity contribution in [2.75, 3.05) is 13.7 Å². The third kappa shape index (κ3) is 3.49. The van der Waals surface area contributed by atoms with Crippen molar-refractivity contribution < 1.29 is 18.6 Å². The predicted octanol–water partition coefficient (Wildman–Crippen LogP) is 2.30. The second-order valence-corrected chi connectivity index (χ2v) is 4.09. The standard InChI is InChI=1S/C13H17FO3/c1-15-13-7-11(14)12(17-13)9-16-8-10-5-3-2-4-6-10/h2-6,11-13H,7-9H2,1H3/t11-,12+,13+/m0/s1. The number of alkyl halides is 1. The summed E-state index contributed by atoms with van der Waals surface area (Å²) < 4.78 is 29.2. The number of hydrogen-bond donors (Lipinski definition) is 0. The van der Waals surface area contributed by atoms with E-state index in [2.05, 4.69) is 0 Å². The van der Waals surface area contributed by atoms with Crippen LogP contribution in [0.5, 0.6) is 0 Å². The van der Waals surface area contributed by atoms with Gasteiger partial charge in [0.25, 0.3) is 0 Å². The van der Waals surface area contributed by atoms with Crippen LogP contribution >= 0.6 is 0 Å². The Morgan fingerprint density at radius 3 is 2.76 bits per heavy atom. The summed E-state index contributed by atoms with van der Waals surface area (Å²) in [5.41, 5.74) is 1.07. The van der Waals surface area contributed by atoms with Crippen molar-refractivity contribution in [1.29, 1.82) is 0 Å². The lowest BCUT2D eigenvalue weighted by atomic mass is 10.2. The normalized spacial score (nSPS) is 28.5. The summed E-state index contributed by atoms with van der Waals surface area (Å²) in [6.07, 6.45) is -1.66. The molecule has 0 aromatic heterocycles. The van der Waals surface area contributed by atoms with Crippen LogP contribution in [0.25, 0.3) is 0 Å². The van der Waals surface area contributed by atoms with Gasteiger partial charge in [-0.05, 0) is 5.56 Å². The van der Waals surface area contributed by atoms with Crippen LogP contribution in [0.1, 0.15) is 12.0 Å². The molecule has 3 nitrogen and oxygen atoms in total. The van der Waals surface area contributed by atoms with Gasteiger partial charge in [0.05, 0.1) is 13.2 Å². The summed E-state index contributed by atoms with van der Waals surface area (Å²) >= 11 is 0. The maximum atomic E-state index is 13.5. The van der Waals surface area contributed by atoms with E-state index in [0.29, 0.717) is 6.61 Å². The zero-order valence-electron chi connectivity index (χ0n) is 9.84. The number of methoxy groups -OCH3 is 1. The van der Waals surface area contributed by atoms with E-state index >= 15 is 0 Å². The van der Waals surface area contributed by atoms with Crippen LogP contribution in [-0.2, 0) is 20.8 Å². The number of rotatable bonds is 5. The van der Waals surface area contributed by atoms with Gasteiger partial charge >= 0.3 is 0 Å². The van der Waals surface area contributed by atoms with E-state index in [9.17, 15) is 4.39 Å². The van der Waals surface area contributed by atoms with Gasteiger partial charge in [0.1, 0.15) is 12.3 Å². The third-order valence-electron chi connectivity index (χ3n) is 2.80. The zero-order chi connectivity index (χ0) is 12.1. The first-order chi connectivity index (χ1) is 8.29. The first-order valence-corrected chi connectivity index (χ1v) is 5.73. The summed E-state index contributed by atoms with van der Waals surface area (Å²) in [6, 6.07) is 9.79. The average Bonchev–Trinajstić information content (AvgIpc) is 2.72. The molecule has 0 aliphatic carbocycles. The van der Waals surface area contributed by atoms with E-state index in [-0.39, 0.29) is 13.0 Å². The van der Waals surface area contributed by atoms with Gasteiger partial charge in [0, 0.05) is 13.5 Å². The van der Waals surface area contributed by atoms with Gasteiger partial charge in [-0.3, -0.25) is 0 Å². The molecular formula is C13H17FO3. The topological polar surface area (TPSA) is 27.7 Å². The molecule has 1 aliphatic heterocycles. The van der Waals surface area contributed by atoms with Crippen molar-refractivity contribution >= 4 is 0 Å². The van der Waals surface area contributed by atoms with Gasteiger partial charge in [0.15, 0.2) is 6.29 Å². The van der Waals surface area contributed by atoms with Crippen LogP contribution in [-0.4, -0.2) is 32.3 Å². The van der Waals surface area contributed by atoms with Crippen molar-refractivity contribution in [3.8, 4) is 0 Å². The first-order valence-electron chi connectivity index (χ1n) is 5.73. The van der Waals surface area contributed by atoms with E-state index < -0.39 is 18.6 Å². The molecule has 0 spiro atoms. The smallest absolute Gasteiger partial charge is 0.160 e. The molecule has 1 aromatic carbocycles. The highest BCUT2D eigenvalue weighted by Crippen LogP contribution is 2.24. The molecule has 0 unspecified atom stereocenters. The van der Waals surface area contributed by atoms with Crippen molar-refractivity contribution in [3.05, 3.63) is 35.9 Å². The lowest BCUT2D eigenvalue weighted by Crippen LogP contribution is -2.23. The Hall–Kier alpha value is -0.970. The number of hydrogen-bond acceptors (Lipinski definition) is 3. The van der Waals surface area contributed by atoms with E-state index in [1.807, 2.05) is 30.3 Å². The maximum Gasteiger partial charge on any atom is 0.160 e. The molecule has 0 amide bonds. The zero-order valence-corrected chi connectivity index (χ0v) is 9.84. The fourth-order valence-corrected chi connectivity index (χ4v) is 1.83. The molecule has 3 atom stereocenters.